The van der Waals surface area contributed by atoms with Crippen LogP contribution < -0.4 is 5.73 Å². The van der Waals surface area contributed by atoms with Crippen LogP contribution in [0.5, 0.6) is 0 Å². The second-order valence-electron chi connectivity index (χ2n) is 6.79. The lowest BCUT2D eigenvalue weighted by molar-refractivity contribution is 0.0133. The summed E-state index contributed by atoms with van der Waals surface area (Å²) in [5.74, 6) is 0. The molecule has 2 unspecified atom stereocenters. The Kier molecular flexibility index (Phi) is 8.08. The summed E-state index contributed by atoms with van der Waals surface area (Å²) in [4.78, 5) is 5.23. The zero-order valence-corrected chi connectivity index (χ0v) is 14.3. The zero-order chi connectivity index (χ0) is 15.0. The van der Waals surface area contributed by atoms with Crippen LogP contribution in [-0.4, -0.2) is 54.1 Å². The molecular weight excluding hydrogens is 246 g/mol. The van der Waals surface area contributed by atoms with E-state index in [0.29, 0.717) is 6.04 Å². The summed E-state index contributed by atoms with van der Waals surface area (Å²) in [5.41, 5.74) is 6.34. The molecule has 1 aliphatic heterocycles. The lowest BCUT2D eigenvalue weighted by Gasteiger charge is -2.48. The molecule has 1 heterocycles. The van der Waals surface area contributed by atoms with Crippen LogP contribution in [0, 0.1) is 0 Å². The average molecular weight is 284 g/mol. The lowest BCUT2D eigenvalue weighted by Crippen LogP contribution is -2.61. The normalized spacial score (nSPS) is 24.8. The Morgan fingerprint density at radius 3 is 2.35 bits per heavy atom. The Morgan fingerprint density at radius 1 is 1.10 bits per heavy atom. The van der Waals surface area contributed by atoms with Gasteiger partial charge in [-0.05, 0) is 26.8 Å². The fraction of sp³-hybridized carbons (Fsp3) is 1.00. The van der Waals surface area contributed by atoms with Gasteiger partial charge in [0.05, 0.1) is 0 Å². The summed E-state index contributed by atoms with van der Waals surface area (Å²) in [6.07, 6.45) is 8.05. The molecule has 0 radical (unpaired) electrons. The molecule has 2 atom stereocenters. The molecule has 2 N–H and O–H groups in total. The van der Waals surface area contributed by atoms with Crippen LogP contribution >= 0.6 is 0 Å². The number of nitrogens with zero attached hydrogens (tertiary/aromatic N) is 2. The van der Waals surface area contributed by atoms with E-state index >= 15 is 0 Å². The fourth-order valence-electron chi connectivity index (χ4n) is 3.45. The molecule has 0 aromatic heterocycles. The van der Waals surface area contributed by atoms with Crippen molar-refractivity contribution >= 4 is 0 Å². The Balaban J connectivity index is 2.43. The van der Waals surface area contributed by atoms with Crippen LogP contribution in [0.25, 0.3) is 0 Å². The van der Waals surface area contributed by atoms with Crippen molar-refractivity contribution in [2.45, 2.75) is 77.8 Å². The van der Waals surface area contributed by atoms with Crippen molar-refractivity contribution in [2.75, 3.05) is 32.7 Å². The molecule has 3 nitrogen and oxygen atoms in total. The maximum Gasteiger partial charge on any atom is 0.0304 e. The quantitative estimate of drug-likeness (QED) is 0.660. The van der Waals surface area contributed by atoms with Crippen LogP contribution in [0.2, 0.25) is 0 Å². The van der Waals surface area contributed by atoms with Crippen LogP contribution in [-0.2, 0) is 0 Å². The van der Waals surface area contributed by atoms with Crippen molar-refractivity contribution in [3.8, 4) is 0 Å². The van der Waals surface area contributed by atoms with Gasteiger partial charge in [0, 0.05) is 37.8 Å². The van der Waals surface area contributed by atoms with E-state index in [-0.39, 0.29) is 5.54 Å². The first kappa shape index (κ1) is 17.9. The largest absolute Gasteiger partial charge is 0.329 e. The Bertz CT molecular complexity index is 257. The topological polar surface area (TPSA) is 32.5 Å². The van der Waals surface area contributed by atoms with E-state index in [1.807, 2.05) is 0 Å². The van der Waals surface area contributed by atoms with Crippen LogP contribution in [0.4, 0.5) is 0 Å². The maximum absolute atomic E-state index is 6.14. The third-order valence-electron chi connectivity index (χ3n) is 5.19. The molecule has 0 aliphatic carbocycles. The Morgan fingerprint density at radius 2 is 1.80 bits per heavy atom. The van der Waals surface area contributed by atoms with Gasteiger partial charge in [0.2, 0.25) is 0 Å². The second-order valence-corrected chi connectivity index (χ2v) is 6.79. The van der Waals surface area contributed by atoms with Crippen molar-refractivity contribution in [2.24, 2.45) is 5.73 Å². The van der Waals surface area contributed by atoms with Gasteiger partial charge in [-0.3, -0.25) is 9.80 Å². The van der Waals surface area contributed by atoms with Gasteiger partial charge in [-0.1, -0.05) is 46.0 Å². The van der Waals surface area contributed by atoms with E-state index in [4.69, 9.17) is 5.73 Å². The van der Waals surface area contributed by atoms with Crippen molar-refractivity contribution in [3.63, 3.8) is 0 Å². The number of unbranched alkanes of at least 4 members (excludes halogenated alkanes) is 4. The predicted molar refractivity (Wildman–Crippen MR) is 89.1 cm³/mol. The van der Waals surface area contributed by atoms with Crippen molar-refractivity contribution < 1.29 is 0 Å². The van der Waals surface area contributed by atoms with E-state index in [2.05, 4.69) is 37.5 Å². The smallest absolute Gasteiger partial charge is 0.0304 e. The van der Waals surface area contributed by atoms with Crippen molar-refractivity contribution in [1.82, 2.24) is 9.80 Å². The SMILES string of the molecule is CCCCCCCC(C)(CN)N1CCN(CC)C(C)C1. The van der Waals surface area contributed by atoms with Gasteiger partial charge in [0.25, 0.3) is 0 Å². The Hall–Kier alpha value is -0.120. The highest BCUT2D eigenvalue weighted by Gasteiger charge is 2.34. The molecule has 3 heteroatoms. The first-order valence-corrected chi connectivity index (χ1v) is 8.76. The third-order valence-corrected chi connectivity index (χ3v) is 5.19. The number of likely N-dealkylation sites (N-methyl/N-ethyl adjacent to an activating group) is 1. The fourth-order valence-corrected chi connectivity index (χ4v) is 3.45. The van der Waals surface area contributed by atoms with Crippen LogP contribution in [0.3, 0.4) is 0 Å². The molecule has 0 aromatic carbocycles. The van der Waals surface area contributed by atoms with Gasteiger partial charge >= 0.3 is 0 Å². The number of hydrogen-bond donors (Lipinski definition) is 1. The van der Waals surface area contributed by atoms with Crippen LogP contribution in [0.1, 0.15) is 66.2 Å². The summed E-state index contributed by atoms with van der Waals surface area (Å²) in [7, 11) is 0. The van der Waals surface area contributed by atoms with Crippen molar-refractivity contribution in [1.29, 1.82) is 0 Å². The predicted octanol–water partition coefficient (Wildman–Crippen LogP) is 3.09. The van der Waals surface area contributed by atoms with Gasteiger partial charge in [-0.15, -0.1) is 0 Å². The zero-order valence-electron chi connectivity index (χ0n) is 14.3. The standard InChI is InChI=1S/C17H37N3/c1-5-7-8-9-10-11-17(4,15-18)20-13-12-19(6-2)16(3)14-20/h16H,5-15,18H2,1-4H3. The molecule has 1 fully saturated rings. The molecular formula is C17H37N3. The van der Waals surface area contributed by atoms with Gasteiger partial charge in [0.15, 0.2) is 0 Å². The summed E-state index contributed by atoms with van der Waals surface area (Å²) < 4.78 is 0. The number of rotatable bonds is 9. The molecule has 0 aromatic rings. The highest BCUT2D eigenvalue weighted by molar-refractivity contribution is 4.92. The summed E-state index contributed by atoms with van der Waals surface area (Å²) in [6, 6.07) is 0.666. The molecule has 0 bridgehead atoms. The molecule has 120 valence electrons. The summed E-state index contributed by atoms with van der Waals surface area (Å²) in [5, 5.41) is 0. The highest BCUT2D eigenvalue weighted by atomic mass is 15.3. The van der Waals surface area contributed by atoms with E-state index in [1.54, 1.807) is 0 Å². The van der Waals surface area contributed by atoms with E-state index in [1.165, 1.54) is 64.7 Å². The van der Waals surface area contributed by atoms with E-state index in [0.717, 1.165) is 6.54 Å². The number of nitrogens with two attached hydrogens (primary N) is 1. The number of piperazine rings is 1. The minimum Gasteiger partial charge on any atom is -0.329 e. The lowest BCUT2D eigenvalue weighted by atomic mass is 9.90. The van der Waals surface area contributed by atoms with Gasteiger partial charge in [-0.25, -0.2) is 0 Å². The van der Waals surface area contributed by atoms with Crippen molar-refractivity contribution in [3.05, 3.63) is 0 Å². The highest BCUT2D eigenvalue weighted by Crippen LogP contribution is 2.25. The molecule has 1 aliphatic rings. The van der Waals surface area contributed by atoms with E-state index < -0.39 is 0 Å². The van der Waals surface area contributed by atoms with E-state index in [9.17, 15) is 0 Å². The molecule has 0 saturated carbocycles. The van der Waals surface area contributed by atoms with Gasteiger partial charge < -0.3 is 5.73 Å². The maximum atomic E-state index is 6.14. The molecule has 1 saturated heterocycles. The third kappa shape index (κ3) is 5.01. The molecule has 0 spiro atoms. The average Bonchev–Trinajstić information content (AvgIpc) is 2.46. The first-order chi connectivity index (χ1) is 9.57. The van der Waals surface area contributed by atoms with Gasteiger partial charge in [0.1, 0.15) is 0 Å². The summed E-state index contributed by atoms with van der Waals surface area (Å²) in [6.45, 7) is 14.8. The second kappa shape index (κ2) is 9.01. The minimum absolute atomic E-state index is 0.209. The Labute approximate surface area is 126 Å². The molecule has 1 rings (SSSR count). The van der Waals surface area contributed by atoms with Gasteiger partial charge in [-0.2, -0.15) is 0 Å². The molecule has 0 amide bonds. The molecule has 20 heavy (non-hydrogen) atoms. The minimum atomic E-state index is 0.209. The summed E-state index contributed by atoms with van der Waals surface area (Å²) >= 11 is 0. The number of hydrogen-bond acceptors (Lipinski definition) is 3. The monoisotopic (exact) mass is 283 g/mol. The van der Waals surface area contributed by atoms with Crippen LogP contribution in [0.15, 0.2) is 0 Å². The first-order valence-electron chi connectivity index (χ1n) is 8.76.